The van der Waals surface area contributed by atoms with Crippen molar-refractivity contribution >= 4 is 0 Å². The van der Waals surface area contributed by atoms with Crippen molar-refractivity contribution in [2.24, 2.45) is 5.92 Å². The van der Waals surface area contributed by atoms with Gasteiger partial charge >= 0.3 is 0 Å². The Hall–Kier alpha value is -0.820. The maximum absolute atomic E-state index is 3.97. The van der Waals surface area contributed by atoms with Crippen LogP contribution in [0.15, 0.2) is 30.3 Å². The fourth-order valence-electron chi connectivity index (χ4n) is 3.45. The zero-order valence-corrected chi connectivity index (χ0v) is 12.6. The zero-order chi connectivity index (χ0) is 13.5. The highest BCUT2D eigenvalue weighted by molar-refractivity contribution is 5.20. The summed E-state index contributed by atoms with van der Waals surface area (Å²) in [5, 5.41) is 3.97. The fraction of sp³-hybridized carbons (Fsp3) is 0.667. The molecule has 0 amide bonds. The molecule has 1 unspecified atom stereocenters. The van der Waals surface area contributed by atoms with Gasteiger partial charge in [0, 0.05) is 12.1 Å². The standard InChI is InChI=1S/C18H29N/c1-3-15(4-2)18(16-11-7-5-8-12-16)19-17-13-9-6-10-14-17/h5,7-8,11-12,15,17-19H,3-4,6,9-10,13-14H2,1-2H3. The molecule has 1 aliphatic carbocycles. The summed E-state index contributed by atoms with van der Waals surface area (Å²) < 4.78 is 0. The van der Waals surface area contributed by atoms with Crippen molar-refractivity contribution in [1.82, 2.24) is 5.32 Å². The van der Waals surface area contributed by atoms with Crippen molar-refractivity contribution in [2.45, 2.75) is 70.9 Å². The largest absolute Gasteiger partial charge is 0.307 e. The minimum Gasteiger partial charge on any atom is -0.307 e. The summed E-state index contributed by atoms with van der Waals surface area (Å²) in [5.41, 5.74) is 1.47. The molecule has 0 aliphatic heterocycles. The summed E-state index contributed by atoms with van der Waals surface area (Å²) in [4.78, 5) is 0. The Morgan fingerprint density at radius 3 is 2.21 bits per heavy atom. The van der Waals surface area contributed by atoms with Gasteiger partial charge in [-0.3, -0.25) is 0 Å². The van der Waals surface area contributed by atoms with Crippen molar-refractivity contribution in [3.63, 3.8) is 0 Å². The molecule has 1 aromatic rings. The van der Waals surface area contributed by atoms with E-state index in [2.05, 4.69) is 49.5 Å². The van der Waals surface area contributed by atoms with Gasteiger partial charge in [-0.15, -0.1) is 0 Å². The van der Waals surface area contributed by atoms with E-state index in [1.807, 2.05) is 0 Å². The second-order valence-corrected chi connectivity index (χ2v) is 5.97. The number of benzene rings is 1. The summed E-state index contributed by atoms with van der Waals surface area (Å²) in [6, 6.07) is 12.3. The van der Waals surface area contributed by atoms with Gasteiger partial charge < -0.3 is 5.32 Å². The Labute approximate surface area is 118 Å². The SMILES string of the molecule is CCC(CC)C(NC1CCCCC1)c1ccccc1. The molecular formula is C18H29N. The van der Waals surface area contributed by atoms with Gasteiger partial charge in [-0.1, -0.05) is 76.3 Å². The van der Waals surface area contributed by atoms with Crippen molar-refractivity contribution in [3.8, 4) is 0 Å². The topological polar surface area (TPSA) is 12.0 Å². The second kappa shape index (κ2) is 7.69. The summed E-state index contributed by atoms with van der Waals surface area (Å²) >= 11 is 0. The lowest BCUT2D eigenvalue weighted by Gasteiger charge is -2.33. The highest BCUT2D eigenvalue weighted by Crippen LogP contribution is 2.30. The Morgan fingerprint density at radius 2 is 1.63 bits per heavy atom. The lowest BCUT2D eigenvalue weighted by atomic mass is 9.86. The molecule has 0 aromatic heterocycles. The van der Waals surface area contributed by atoms with Crippen LogP contribution >= 0.6 is 0 Å². The lowest BCUT2D eigenvalue weighted by molar-refractivity contribution is 0.271. The molecule has 0 spiro atoms. The molecule has 0 saturated heterocycles. The van der Waals surface area contributed by atoms with Crippen molar-refractivity contribution in [2.75, 3.05) is 0 Å². The zero-order valence-electron chi connectivity index (χ0n) is 12.6. The van der Waals surface area contributed by atoms with E-state index in [9.17, 15) is 0 Å². The third-order valence-electron chi connectivity index (χ3n) is 4.70. The van der Waals surface area contributed by atoms with E-state index in [1.54, 1.807) is 0 Å². The van der Waals surface area contributed by atoms with Crippen LogP contribution in [0.1, 0.15) is 70.4 Å². The monoisotopic (exact) mass is 259 g/mol. The first kappa shape index (κ1) is 14.6. The quantitative estimate of drug-likeness (QED) is 0.750. The fourth-order valence-corrected chi connectivity index (χ4v) is 3.45. The molecule has 2 rings (SSSR count). The highest BCUT2D eigenvalue weighted by Gasteiger charge is 2.24. The van der Waals surface area contributed by atoms with Gasteiger partial charge in [-0.25, -0.2) is 0 Å². The van der Waals surface area contributed by atoms with Gasteiger partial charge in [-0.2, -0.15) is 0 Å². The average molecular weight is 259 g/mol. The van der Waals surface area contributed by atoms with Crippen molar-refractivity contribution < 1.29 is 0 Å². The van der Waals surface area contributed by atoms with E-state index in [1.165, 1.54) is 50.5 Å². The maximum Gasteiger partial charge on any atom is 0.0350 e. The molecule has 19 heavy (non-hydrogen) atoms. The molecule has 0 bridgehead atoms. The number of hydrogen-bond donors (Lipinski definition) is 1. The molecule has 0 heterocycles. The Kier molecular flexibility index (Phi) is 5.91. The van der Waals surface area contributed by atoms with Gasteiger partial charge in [0.1, 0.15) is 0 Å². The first-order valence-electron chi connectivity index (χ1n) is 8.16. The van der Waals surface area contributed by atoms with Crippen LogP contribution in [0.2, 0.25) is 0 Å². The van der Waals surface area contributed by atoms with E-state index in [0.29, 0.717) is 6.04 Å². The predicted molar refractivity (Wildman–Crippen MR) is 83.3 cm³/mol. The van der Waals surface area contributed by atoms with Crippen LogP contribution in [0.5, 0.6) is 0 Å². The molecule has 1 nitrogen and oxygen atoms in total. The van der Waals surface area contributed by atoms with Gasteiger partial charge in [-0.05, 0) is 24.3 Å². The second-order valence-electron chi connectivity index (χ2n) is 5.97. The smallest absolute Gasteiger partial charge is 0.0350 e. The molecular weight excluding hydrogens is 230 g/mol. The molecule has 1 heteroatoms. The van der Waals surface area contributed by atoms with Crippen LogP contribution in [0, 0.1) is 5.92 Å². The molecule has 1 atom stereocenters. The van der Waals surface area contributed by atoms with Crippen LogP contribution in [-0.4, -0.2) is 6.04 Å². The van der Waals surface area contributed by atoms with E-state index < -0.39 is 0 Å². The molecule has 1 fully saturated rings. The summed E-state index contributed by atoms with van der Waals surface area (Å²) in [5.74, 6) is 0.754. The Bertz CT molecular complexity index is 336. The van der Waals surface area contributed by atoms with Crippen LogP contribution in [0.3, 0.4) is 0 Å². The first-order valence-corrected chi connectivity index (χ1v) is 8.16. The van der Waals surface area contributed by atoms with Crippen LogP contribution in [0.25, 0.3) is 0 Å². The lowest BCUT2D eigenvalue weighted by Crippen LogP contribution is -2.37. The molecule has 1 aliphatic rings. The maximum atomic E-state index is 3.97. The summed E-state index contributed by atoms with van der Waals surface area (Å²) in [7, 11) is 0. The number of rotatable bonds is 6. The van der Waals surface area contributed by atoms with Gasteiger partial charge in [0.05, 0.1) is 0 Å². The van der Waals surface area contributed by atoms with Crippen molar-refractivity contribution in [1.29, 1.82) is 0 Å². The first-order chi connectivity index (χ1) is 9.35. The van der Waals surface area contributed by atoms with Crippen LogP contribution in [0.4, 0.5) is 0 Å². The predicted octanol–water partition coefficient (Wildman–Crippen LogP) is 5.09. The molecule has 0 radical (unpaired) electrons. The van der Waals surface area contributed by atoms with Crippen LogP contribution < -0.4 is 5.32 Å². The van der Waals surface area contributed by atoms with E-state index in [4.69, 9.17) is 0 Å². The van der Waals surface area contributed by atoms with E-state index in [0.717, 1.165) is 12.0 Å². The van der Waals surface area contributed by atoms with Gasteiger partial charge in [0.25, 0.3) is 0 Å². The van der Waals surface area contributed by atoms with E-state index in [-0.39, 0.29) is 0 Å². The minimum atomic E-state index is 0.541. The molecule has 1 aromatic carbocycles. The van der Waals surface area contributed by atoms with Gasteiger partial charge in [0.15, 0.2) is 0 Å². The molecule has 1 saturated carbocycles. The van der Waals surface area contributed by atoms with E-state index >= 15 is 0 Å². The Morgan fingerprint density at radius 1 is 1.00 bits per heavy atom. The van der Waals surface area contributed by atoms with Crippen molar-refractivity contribution in [3.05, 3.63) is 35.9 Å². The third kappa shape index (κ3) is 4.07. The van der Waals surface area contributed by atoms with Gasteiger partial charge in [0.2, 0.25) is 0 Å². The third-order valence-corrected chi connectivity index (χ3v) is 4.70. The molecule has 106 valence electrons. The number of nitrogens with one attached hydrogen (secondary N) is 1. The Balaban J connectivity index is 2.09. The minimum absolute atomic E-state index is 0.541. The normalized spacial score (nSPS) is 18.7. The highest BCUT2D eigenvalue weighted by atomic mass is 15.0. The van der Waals surface area contributed by atoms with Crippen LogP contribution in [-0.2, 0) is 0 Å². The molecule has 1 N–H and O–H groups in total. The average Bonchev–Trinajstić information content (AvgIpc) is 2.49. The number of hydrogen-bond acceptors (Lipinski definition) is 1. The summed E-state index contributed by atoms with van der Waals surface area (Å²) in [6.07, 6.45) is 9.49. The summed E-state index contributed by atoms with van der Waals surface area (Å²) in [6.45, 7) is 4.65.